The highest BCUT2D eigenvalue weighted by atomic mass is 16.2. The molecule has 0 aromatic carbocycles. The van der Waals surface area contributed by atoms with E-state index < -0.39 is 0 Å². The number of nitrogens with zero attached hydrogens (tertiary/aromatic N) is 5. The van der Waals surface area contributed by atoms with E-state index >= 15 is 0 Å². The lowest BCUT2D eigenvalue weighted by Gasteiger charge is -2.49. The van der Waals surface area contributed by atoms with Gasteiger partial charge in [-0.15, -0.1) is 0 Å². The lowest BCUT2D eigenvalue weighted by molar-refractivity contribution is -0.137. The zero-order valence-electron chi connectivity index (χ0n) is 14.1. The van der Waals surface area contributed by atoms with Crippen LogP contribution in [0.2, 0.25) is 0 Å². The molecule has 2 aromatic heterocycles. The summed E-state index contributed by atoms with van der Waals surface area (Å²) in [4.78, 5) is 33.2. The van der Waals surface area contributed by atoms with Crippen LogP contribution in [0.1, 0.15) is 39.5 Å². The minimum atomic E-state index is 0.143. The van der Waals surface area contributed by atoms with E-state index in [0.717, 1.165) is 43.6 Å². The number of H-pyrrole nitrogens is 1. The monoisotopic (exact) mass is 326 g/mol. The maximum Gasteiger partial charge on any atom is 0.219 e. The van der Waals surface area contributed by atoms with Crippen LogP contribution in [-0.4, -0.2) is 55.4 Å². The molecule has 1 N–H and O–H groups in total. The second kappa shape index (κ2) is 4.68. The minimum Gasteiger partial charge on any atom is -0.346 e. The number of carbonyl (C=O) groups is 1. The first-order valence-electron chi connectivity index (χ1n) is 8.79. The quantitative estimate of drug-likeness (QED) is 0.863. The second-order valence-electron chi connectivity index (χ2n) is 7.70. The topological polar surface area (TPSA) is 78.0 Å². The highest BCUT2D eigenvalue weighted by Gasteiger charge is 2.60. The average molecular weight is 326 g/mol. The molecule has 1 aliphatic carbocycles. The van der Waals surface area contributed by atoms with Gasteiger partial charge in [0.2, 0.25) is 5.91 Å². The van der Waals surface area contributed by atoms with Crippen molar-refractivity contribution in [2.24, 2.45) is 5.41 Å². The second-order valence-corrected chi connectivity index (χ2v) is 7.70. The van der Waals surface area contributed by atoms with Gasteiger partial charge >= 0.3 is 0 Å². The van der Waals surface area contributed by atoms with Crippen molar-refractivity contribution < 1.29 is 4.79 Å². The number of likely N-dealkylation sites (tertiary alicyclic amines) is 1. The van der Waals surface area contributed by atoms with Crippen molar-refractivity contribution in [2.45, 2.75) is 57.7 Å². The van der Waals surface area contributed by atoms with Crippen molar-refractivity contribution in [1.29, 1.82) is 0 Å². The molecule has 1 saturated carbocycles. The average Bonchev–Trinajstić information content (AvgIpc) is 3.13. The Morgan fingerprint density at radius 3 is 2.96 bits per heavy atom. The van der Waals surface area contributed by atoms with Crippen LogP contribution in [0, 0.1) is 5.41 Å². The lowest BCUT2D eigenvalue weighted by atomic mass is 9.66. The number of amides is 1. The molecule has 2 saturated heterocycles. The molecule has 0 spiro atoms. The van der Waals surface area contributed by atoms with Crippen LogP contribution >= 0.6 is 0 Å². The van der Waals surface area contributed by atoms with Gasteiger partial charge in [0, 0.05) is 37.0 Å². The Kier molecular flexibility index (Phi) is 2.76. The van der Waals surface area contributed by atoms with Gasteiger partial charge in [-0.3, -0.25) is 4.79 Å². The van der Waals surface area contributed by atoms with Gasteiger partial charge in [-0.05, 0) is 25.7 Å². The third-order valence-electron chi connectivity index (χ3n) is 6.52. The van der Waals surface area contributed by atoms with Gasteiger partial charge in [-0.25, -0.2) is 15.0 Å². The first-order chi connectivity index (χ1) is 11.6. The predicted molar refractivity (Wildman–Crippen MR) is 89.5 cm³/mol. The molecule has 24 heavy (non-hydrogen) atoms. The van der Waals surface area contributed by atoms with Gasteiger partial charge in [-0.1, -0.05) is 6.92 Å². The van der Waals surface area contributed by atoms with E-state index in [0.29, 0.717) is 23.8 Å². The van der Waals surface area contributed by atoms with Crippen molar-refractivity contribution in [1.82, 2.24) is 24.8 Å². The Bertz CT molecular complexity index is 818. The number of anilines is 1. The zero-order chi connectivity index (χ0) is 16.5. The molecule has 4 heterocycles. The molecule has 3 fully saturated rings. The fourth-order valence-corrected chi connectivity index (χ4v) is 5.61. The molecular weight excluding hydrogens is 304 g/mol. The summed E-state index contributed by atoms with van der Waals surface area (Å²) in [6.07, 6.45) is 7.86. The molecule has 3 aliphatic rings. The van der Waals surface area contributed by atoms with Gasteiger partial charge in [0.25, 0.3) is 0 Å². The normalized spacial score (nSPS) is 34.8. The molecular formula is C17H22N6O. The number of aromatic nitrogens is 4. The number of fused-ring (bicyclic) bond motifs is 2. The number of hydrogen-bond donors (Lipinski definition) is 1. The Hall–Kier alpha value is -2.18. The fourth-order valence-electron chi connectivity index (χ4n) is 5.61. The largest absolute Gasteiger partial charge is 0.346 e. The van der Waals surface area contributed by atoms with E-state index in [-0.39, 0.29) is 11.3 Å². The van der Waals surface area contributed by atoms with Crippen LogP contribution in [0.15, 0.2) is 12.7 Å². The number of hydrogen-bond acceptors (Lipinski definition) is 5. The number of carbonyl (C=O) groups excluding carboxylic acids is 1. The van der Waals surface area contributed by atoms with Gasteiger partial charge in [0.15, 0.2) is 11.5 Å². The maximum absolute atomic E-state index is 12.2. The summed E-state index contributed by atoms with van der Waals surface area (Å²) in [6.45, 7) is 4.88. The fraction of sp³-hybridized carbons (Fsp3) is 0.647. The summed E-state index contributed by atoms with van der Waals surface area (Å²) in [5, 5.41) is 0. The lowest BCUT2D eigenvalue weighted by Crippen LogP contribution is -2.57. The van der Waals surface area contributed by atoms with Crippen molar-refractivity contribution in [3.63, 3.8) is 0 Å². The molecule has 4 atom stereocenters. The Balaban J connectivity index is 1.66. The van der Waals surface area contributed by atoms with Crippen LogP contribution < -0.4 is 4.90 Å². The number of imidazole rings is 1. The molecule has 1 unspecified atom stereocenters. The van der Waals surface area contributed by atoms with Crippen LogP contribution in [0.3, 0.4) is 0 Å². The Morgan fingerprint density at radius 1 is 1.29 bits per heavy atom. The summed E-state index contributed by atoms with van der Waals surface area (Å²) in [5.41, 5.74) is 1.76. The number of piperidine rings is 1. The van der Waals surface area contributed by atoms with Gasteiger partial charge < -0.3 is 14.8 Å². The SMILES string of the molecule is CC(=O)N1C[C@@H]2C[C@@]3(C)C(CCC[C@@H]13)N2c1ncnc2nc[nH]c12. The smallest absolute Gasteiger partial charge is 0.219 e. The van der Waals surface area contributed by atoms with Crippen LogP contribution in [0.4, 0.5) is 5.82 Å². The van der Waals surface area contributed by atoms with Crippen LogP contribution in [0.5, 0.6) is 0 Å². The van der Waals surface area contributed by atoms with Crippen molar-refractivity contribution in [3.8, 4) is 0 Å². The highest BCUT2D eigenvalue weighted by Crippen LogP contribution is 2.55. The molecule has 2 aromatic rings. The van der Waals surface area contributed by atoms with Crippen molar-refractivity contribution >= 4 is 22.9 Å². The van der Waals surface area contributed by atoms with Crippen molar-refractivity contribution in [3.05, 3.63) is 12.7 Å². The summed E-state index contributed by atoms with van der Waals surface area (Å²) in [5.74, 6) is 1.15. The van der Waals surface area contributed by atoms with Crippen LogP contribution in [-0.2, 0) is 4.79 Å². The Labute approximate surface area is 140 Å². The molecule has 126 valence electrons. The summed E-state index contributed by atoms with van der Waals surface area (Å²) < 4.78 is 0. The van der Waals surface area contributed by atoms with E-state index in [1.54, 1.807) is 19.6 Å². The standard InChI is InChI=1S/C17H22N6O/c1-10(24)22-7-11-6-17(2)12(22)4-3-5-13(17)23(11)16-14-15(19-8-18-14)20-9-21-16/h8-9,11-13H,3-7H2,1-2H3,(H,18,19,20,21)/t11-,12+,13?,17+/m0/s1. The third kappa shape index (κ3) is 1.67. The maximum atomic E-state index is 12.2. The molecule has 5 rings (SSSR count). The van der Waals surface area contributed by atoms with Gasteiger partial charge in [-0.2, -0.15) is 0 Å². The first-order valence-corrected chi connectivity index (χ1v) is 8.79. The minimum absolute atomic E-state index is 0.143. The Morgan fingerprint density at radius 2 is 2.12 bits per heavy atom. The number of rotatable bonds is 1. The van der Waals surface area contributed by atoms with E-state index in [9.17, 15) is 4.79 Å². The van der Waals surface area contributed by atoms with E-state index in [1.807, 2.05) is 0 Å². The molecule has 1 amide bonds. The molecule has 2 aliphatic heterocycles. The zero-order valence-corrected chi connectivity index (χ0v) is 14.1. The molecule has 7 nitrogen and oxygen atoms in total. The van der Waals surface area contributed by atoms with Gasteiger partial charge in [0.1, 0.15) is 11.8 Å². The van der Waals surface area contributed by atoms with Crippen molar-refractivity contribution in [2.75, 3.05) is 11.4 Å². The number of aromatic amines is 1. The van der Waals surface area contributed by atoms with Gasteiger partial charge in [0.05, 0.1) is 6.33 Å². The summed E-state index contributed by atoms with van der Waals surface area (Å²) >= 11 is 0. The van der Waals surface area contributed by atoms with E-state index in [2.05, 4.69) is 36.7 Å². The van der Waals surface area contributed by atoms with E-state index in [1.165, 1.54) is 0 Å². The summed E-state index contributed by atoms with van der Waals surface area (Å²) in [6, 6.07) is 1.10. The predicted octanol–water partition coefficient (Wildman–Crippen LogP) is 1.72. The van der Waals surface area contributed by atoms with Crippen LogP contribution in [0.25, 0.3) is 11.2 Å². The number of nitrogens with one attached hydrogen (secondary N) is 1. The highest BCUT2D eigenvalue weighted by molar-refractivity contribution is 5.83. The summed E-state index contributed by atoms with van der Waals surface area (Å²) in [7, 11) is 0. The third-order valence-corrected chi connectivity index (χ3v) is 6.52. The molecule has 2 bridgehead atoms. The molecule has 0 radical (unpaired) electrons. The first kappa shape index (κ1) is 14.2. The van der Waals surface area contributed by atoms with E-state index in [4.69, 9.17) is 0 Å². The molecule has 7 heteroatoms.